The first kappa shape index (κ1) is 18.3. The van der Waals surface area contributed by atoms with Crippen molar-refractivity contribution in [2.75, 3.05) is 10.6 Å². The standard InChI is InChI=1S/C18H18Cl2N2O2/c1-10(2)13-6-4-5-11(3)16(13)22-18(24)17(23)21-15-8-7-12(19)9-14(15)20/h4-10H,1-3H3,(H,21,23)(H,22,24). The van der Waals surface area contributed by atoms with E-state index in [1.165, 1.54) is 6.07 Å². The summed E-state index contributed by atoms with van der Waals surface area (Å²) in [6.45, 7) is 5.94. The van der Waals surface area contributed by atoms with E-state index in [-0.39, 0.29) is 10.9 Å². The minimum absolute atomic E-state index is 0.217. The summed E-state index contributed by atoms with van der Waals surface area (Å²) in [7, 11) is 0. The Balaban J connectivity index is 2.17. The van der Waals surface area contributed by atoms with Gasteiger partial charge in [0.05, 0.1) is 10.7 Å². The smallest absolute Gasteiger partial charge is 0.314 e. The molecule has 0 unspecified atom stereocenters. The SMILES string of the molecule is Cc1cccc(C(C)C)c1NC(=O)C(=O)Nc1ccc(Cl)cc1Cl. The van der Waals surface area contributed by atoms with Crippen molar-refractivity contribution in [3.63, 3.8) is 0 Å². The molecule has 2 amide bonds. The molecule has 0 aliphatic carbocycles. The van der Waals surface area contributed by atoms with Crippen LogP contribution in [0.4, 0.5) is 11.4 Å². The first-order valence-corrected chi connectivity index (χ1v) is 8.22. The molecule has 0 aliphatic heterocycles. The normalized spacial score (nSPS) is 10.6. The van der Waals surface area contributed by atoms with Crippen LogP contribution in [-0.2, 0) is 9.59 Å². The highest BCUT2D eigenvalue weighted by atomic mass is 35.5. The van der Waals surface area contributed by atoms with Crippen LogP contribution in [0.15, 0.2) is 36.4 Å². The number of hydrogen-bond acceptors (Lipinski definition) is 2. The second-order valence-electron chi connectivity index (χ2n) is 5.73. The Hall–Kier alpha value is -2.04. The van der Waals surface area contributed by atoms with Crippen molar-refractivity contribution < 1.29 is 9.59 Å². The highest BCUT2D eigenvalue weighted by Crippen LogP contribution is 2.28. The minimum atomic E-state index is -0.794. The van der Waals surface area contributed by atoms with Crippen LogP contribution in [0.25, 0.3) is 0 Å². The maximum atomic E-state index is 12.2. The van der Waals surface area contributed by atoms with E-state index in [2.05, 4.69) is 10.6 Å². The van der Waals surface area contributed by atoms with Gasteiger partial charge >= 0.3 is 11.8 Å². The number of halogens is 2. The van der Waals surface area contributed by atoms with Crippen LogP contribution in [0.1, 0.15) is 30.9 Å². The minimum Gasteiger partial charge on any atom is -0.317 e. The number of nitrogens with one attached hydrogen (secondary N) is 2. The van der Waals surface area contributed by atoms with Gasteiger partial charge in [-0.1, -0.05) is 55.2 Å². The Morgan fingerprint density at radius 3 is 2.29 bits per heavy atom. The highest BCUT2D eigenvalue weighted by molar-refractivity contribution is 6.45. The van der Waals surface area contributed by atoms with Crippen LogP contribution in [0.3, 0.4) is 0 Å². The van der Waals surface area contributed by atoms with Gasteiger partial charge in [0.2, 0.25) is 0 Å². The second kappa shape index (κ2) is 7.69. The Labute approximate surface area is 151 Å². The predicted octanol–water partition coefficient (Wildman–Crippen LogP) is 5.00. The van der Waals surface area contributed by atoms with Crippen molar-refractivity contribution in [3.8, 4) is 0 Å². The Bertz CT molecular complexity index is 789. The van der Waals surface area contributed by atoms with Crippen LogP contribution in [0, 0.1) is 6.92 Å². The molecular weight excluding hydrogens is 347 g/mol. The lowest BCUT2D eigenvalue weighted by Gasteiger charge is -2.16. The molecule has 2 aromatic carbocycles. The molecule has 0 saturated carbocycles. The van der Waals surface area contributed by atoms with Crippen LogP contribution in [0.2, 0.25) is 10.0 Å². The van der Waals surface area contributed by atoms with Gasteiger partial charge in [-0.25, -0.2) is 0 Å². The number of rotatable bonds is 3. The zero-order chi connectivity index (χ0) is 17.9. The molecule has 6 heteroatoms. The Morgan fingerprint density at radius 1 is 1.00 bits per heavy atom. The van der Waals surface area contributed by atoms with E-state index in [4.69, 9.17) is 23.2 Å². The molecule has 0 saturated heterocycles. The van der Waals surface area contributed by atoms with Crippen LogP contribution < -0.4 is 10.6 Å². The molecular formula is C18H18Cl2N2O2. The molecule has 0 fully saturated rings. The highest BCUT2D eigenvalue weighted by Gasteiger charge is 2.18. The number of hydrogen-bond donors (Lipinski definition) is 2. The predicted molar refractivity (Wildman–Crippen MR) is 99.0 cm³/mol. The Morgan fingerprint density at radius 2 is 1.67 bits per heavy atom. The number of para-hydroxylation sites is 1. The fourth-order valence-corrected chi connectivity index (χ4v) is 2.74. The van der Waals surface area contributed by atoms with Crippen LogP contribution in [0.5, 0.6) is 0 Å². The van der Waals surface area contributed by atoms with Crippen molar-refractivity contribution >= 4 is 46.4 Å². The molecule has 0 heterocycles. The second-order valence-corrected chi connectivity index (χ2v) is 6.57. The first-order chi connectivity index (χ1) is 11.3. The summed E-state index contributed by atoms with van der Waals surface area (Å²) >= 11 is 11.8. The largest absolute Gasteiger partial charge is 0.317 e. The van der Waals surface area contributed by atoms with E-state index in [0.717, 1.165) is 11.1 Å². The monoisotopic (exact) mass is 364 g/mol. The number of aryl methyl sites for hydroxylation is 1. The zero-order valence-electron chi connectivity index (χ0n) is 13.6. The summed E-state index contributed by atoms with van der Waals surface area (Å²) in [6, 6.07) is 10.4. The summed E-state index contributed by atoms with van der Waals surface area (Å²) in [5.41, 5.74) is 2.86. The summed E-state index contributed by atoms with van der Waals surface area (Å²) in [5.74, 6) is -1.33. The lowest BCUT2D eigenvalue weighted by Crippen LogP contribution is -2.30. The molecule has 0 bridgehead atoms. The van der Waals surface area contributed by atoms with E-state index in [1.807, 2.05) is 39.0 Å². The molecule has 0 spiro atoms. The average molecular weight is 365 g/mol. The number of carbonyl (C=O) groups excluding carboxylic acids is 2. The number of anilines is 2. The van der Waals surface area contributed by atoms with Crippen molar-refractivity contribution in [2.24, 2.45) is 0 Å². The Kier molecular flexibility index (Phi) is 5.86. The molecule has 0 aliphatic rings. The van der Waals surface area contributed by atoms with Gasteiger partial charge in [-0.3, -0.25) is 9.59 Å². The van der Waals surface area contributed by atoms with Gasteiger partial charge in [-0.15, -0.1) is 0 Å². The molecule has 0 radical (unpaired) electrons. The molecule has 2 aromatic rings. The molecule has 0 atom stereocenters. The summed E-state index contributed by atoms with van der Waals surface area (Å²) < 4.78 is 0. The van der Waals surface area contributed by atoms with Crippen molar-refractivity contribution in [3.05, 3.63) is 57.6 Å². The van der Waals surface area contributed by atoms with E-state index in [9.17, 15) is 9.59 Å². The average Bonchev–Trinajstić information content (AvgIpc) is 2.51. The third-order valence-corrected chi connectivity index (χ3v) is 4.10. The topological polar surface area (TPSA) is 58.2 Å². The zero-order valence-corrected chi connectivity index (χ0v) is 15.1. The lowest BCUT2D eigenvalue weighted by molar-refractivity contribution is -0.133. The van der Waals surface area contributed by atoms with Gasteiger partial charge in [-0.05, 0) is 42.2 Å². The van der Waals surface area contributed by atoms with Crippen molar-refractivity contribution in [2.45, 2.75) is 26.7 Å². The molecule has 2 N–H and O–H groups in total. The third kappa shape index (κ3) is 4.28. The summed E-state index contributed by atoms with van der Waals surface area (Å²) in [6.07, 6.45) is 0. The van der Waals surface area contributed by atoms with Gasteiger partial charge in [0.15, 0.2) is 0 Å². The van der Waals surface area contributed by atoms with Crippen molar-refractivity contribution in [1.29, 1.82) is 0 Å². The van der Waals surface area contributed by atoms with Gasteiger partial charge in [-0.2, -0.15) is 0 Å². The van der Waals surface area contributed by atoms with E-state index in [0.29, 0.717) is 16.4 Å². The van der Waals surface area contributed by atoms with Crippen LogP contribution >= 0.6 is 23.2 Å². The number of benzene rings is 2. The van der Waals surface area contributed by atoms with E-state index in [1.54, 1.807) is 12.1 Å². The molecule has 24 heavy (non-hydrogen) atoms. The quantitative estimate of drug-likeness (QED) is 0.752. The van der Waals surface area contributed by atoms with Crippen LogP contribution in [-0.4, -0.2) is 11.8 Å². The molecule has 2 rings (SSSR count). The maximum Gasteiger partial charge on any atom is 0.314 e. The first-order valence-electron chi connectivity index (χ1n) is 7.46. The third-order valence-electron chi connectivity index (χ3n) is 3.55. The lowest BCUT2D eigenvalue weighted by atomic mass is 9.98. The van der Waals surface area contributed by atoms with Gasteiger partial charge < -0.3 is 10.6 Å². The van der Waals surface area contributed by atoms with Gasteiger partial charge in [0.1, 0.15) is 0 Å². The molecule has 4 nitrogen and oxygen atoms in total. The molecule has 0 aromatic heterocycles. The maximum absolute atomic E-state index is 12.2. The summed E-state index contributed by atoms with van der Waals surface area (Å²) in [5, 5.41) is 5.89. The number of amides is 2. The van der Waals surface area contributed by atoms with Gasteiger partial charge in [0, 0.05) is 10.7 Å². The van der Waals surface area contributed by atoms with Crippen molar-refractivity contribution in [1.82, 2.24) is 0 Å². The fraction of sp³-hybridized carbons (Fsp3) is 0.222. The van der Waals surface area contributed by atoms with Gasteiger partial charge in [0.25, 0.3) is 0 Å². The molecule has 126 valence electrons. The van der Waals surface area contributed by atoms with E-state index >= 15 is 0 Å². The van der Waals surface area contributed by atoms with E-state index < -0.39 is 11.8 Å². The summed E-state index contributed by atoms with van der Waals surface area (Å²) in [4.78, 5) is 24.4. The number of carbonyl (C=O) groups is 2. The fourth-order valence-electron chi connectivity index (χ4n) is 2.28.